The normalized spacial score (nSPS) is 15.3. The molecule has 1 atom stereocenters. The summed E-state index contributed by atoms with van der Waals surface area (Å²) >= 11 is 0. The fraction of sp³-hybridized carbons (Fsp3) is 0.370. The highest BCUT2D eigenvalue weighted by molar-refractivity contribution is 5.86. The summed E-state index contributed by atoms with van der Waals surface area (Å²) < 4.78 is 5.33. The average molecular weight is 461 g/mol. The monoisotopic (exact) mass is 460 g/mol. The molecule has 1 aliphatic heterocycles. The first-order chi connectivity index (χ1) is 16.5. The van der Waals surface area contributed by atoms with Crippen LogP contribution in [0.5, 0.6) is 0 Å². The maximum absolute atomic E-state index is 13.2. The summed E-state index contributed by atoms with van der Waals surface area (Å²) in [5, 5.41) is 3.92. The molecule has 2 heterocycles. The van der Waals surface area contributed by atoms with Crippen molar-refractivity contribution in [1.29, 1.82) is 0 Å². The maximum Gasteiger partial charge on any atom is 0.408 e. The first kappa shape index (κ1) is 23.7. The average Bonchev–Trinajstić information content (AvgIpc) is 2.87. The zero-order valence-corrected chi connectivity index (χ0v) is 19.8. The van der Waals surface area contributed by atoms with E-state index in [2.05, 4.69) is 39.5 Å². The molecule has 1 N–H and O–H groups in total. The Morgan fingerprint density at radius 3 is 2.44 bits per heavy atom. The van der Waals surface area contributed by atoms with Crippen molar-refractivity contribution in [3.8, 4) is 0 Å². The van der Waals surface area contributed by atoms with Crippen LogP contribution in [0, 0.1) is 5.92 Å². The molecule has 4 rings (SSSR count). The Hall–Kier alpha value is -3.45. The molecule has 2 amide bonds. The lowest BCUT2D eigenvalue weighted by Crippen LogP contribution is -2.56. The Labute approximate surface area is 200 Å². The number of carbonyl (C=O) groups excluding carboxylic acids is 2. The first-order valence-corrected chi connectivity index (χ1v) is 11.8. The Kier molecular flexibility index (Phi) is 7.75. The van der Waals surface area contributed by atoms with Crippen LogP contribution in [0.4, 0.5) is 4.79 Å². The molecule has 178 valence electrons. The van der Waals surface area contributed by atoms with Crippen LogP contribution in [-0.4, -0.2) is 59.0 Å². The molecule has 3 aromatic rings. The van der Waals surface area contributed by atoms with E-state index in [4.69, 9.17) is 4.74 Å². The summed E-state index contributed by atoms with van der Waals surface area (Å²) in [5.41, 5.74) is 3.13. The fourth-order valence-electron chi connectivity index (χ4n) is 4.26. The van der Waals surface area contributed by atoms with E-state index >= 15 is 0 Å². The molecule has 0 aliphatic carbocycles. The van der Waals surface area contributed by atoms with Gasteiger partial charge in [0.1, 0.15) is 12.6 Å². The van der Waals surface area contributed by atoms with Gasteiger partial charge in [-0.1, -0.05) is 68.4 Å². The van der Waals surface area contributed by atoms with Crippen molar-refractivity contribution >= 4 is 22.9 Å². The van der Waals surface area contributed by atoms with Crippen molar-refractivity contribution in [2.24, 2.45) is 5.92 Å². The Morgan fingerprint density at radius 2 is 1.71 bits per heavy atom. The van der Waals surface area contributed by atoms with Crippen molar-refractivity contribution in [3.05, 3.63) is 78.0 Å². The lowest BCUT2D eigenvalue weighted by atomic mass is 10.0. The van der Waals surface area contributed by atoms with E-state index in [0.29, 0.717) is 13.1 Å². The highest BCUT2D eigenvalue weighted by atomic mass is 16.5. The van der Waals surface area contributed by atoms with E-state index < -0.39 is 12.1 Å². The van der Waals surface area contributed by atoms with Gasteiger partial charge >= 0.3 is 6.09 Å². The summed E-state index contributed by atoms with van der Waals surface area (Å²) in [6.45, 7) is 7.65. The molecule has 34 heavy (non-hydrogen) atoms. The minimum atomic E-state index is -0.614. The van der Waals surface area contributed by atoms with E-state index in [1.807, 2.05) is 61.3 Å². The number of carbonyl (C=O) groups is 2. The van der Waals surface area contributed by atoms with Crippen LogP contribution in [-0.2, 0) is 22.7 Å². The zero-order valence-electron chi connectivity index (χ0n) is 19.8. The Morgan fingerprint density at radius 1 is 0.971 bits per heavy atom. The molecular weight excluding hydrogens is 428 g/mol. The Bertz CT molecular complexity index is 1110. The van der Waals surface area contributed by atoms with Crippen LogP contribution < -0.4 is 5.32 Å². The Balaban J connectivity index is 1.30. The lowest BCUT2D eigenvalue weighted by molar-refractivity contribution is -0.136. The third-order valence-corrected chi connectivity index (χ3v) is 6.21. The summed E-state index contributed by atoms with van der Waals surface area (Å²) in [6.07, 6.45) is 1.25. The number of nitrogens with one attached hydrogen (secondary N) is 1. The number of fused-ring (bicyclic) bond motifs is 1. The van der Waals surface area contributed by atoms with E-state index in [0.717, 1.165) is 36.1 Å². The molecule has 0 unspecified atom stereocenters. The van der Waals surface area contributed by atoms with Crippen LogP contribution in [0.1, 0.15) is 25.0 Å². The summed E-state index contributed by atoms with van der Waals surface area (Å²) in [4.78, 5) is 34.3. The quantitative estimate of drug-likeness (QED) is 0.580. The number of para-hydroxylation sites is 1. The van der Waals surface area contributed by atoms with Crippen LogP contribution in [0.2, 0.25) is 0 Å². The highest BCUT2D eigenvalue weighted by Crippen LogP contribution is 2.19. The largest absolute Gasteiger partial charge is 0.445 e. The number of hydrogen-bond acceptors (Lipinski definition) is 5. The second-order valence-corrected chi connectivity index (χ2v) is 9.02. The SMILES string of the molecule is CC(C)[C@H](NC(=O)OCc1ccccc1)C(=O)N1CCN(Cc2cccc3cccnc23)CC1. The summed E-state index contributed by atoms with van der Waals surface area (Å²) in [6, 6.07) is 19.2. The first-order valence-electron chi connectivity index (χ1n) is 11.8. The molecule has 1 saturated heterocycles. The molecule has 1 aliphatic rings. The zero-order chi connectivity index (χ0) is 23.9. The van der Waals surface area contributed by atoms with Crippen molar-refractivity contribution in [3.63, 3.8) is 0 Å². The molecular formula is C27H32N4O3. The van der Waals surface area contributed by atoms with Gasteiger partial charge in [0.05, 0.1) is 5.52 Å². The molecule has 1 aromatic heterocycles. The number of aromatic nitrogens is 1. The van der Waals surface area contributed by atoms with E-state index in [9.17, 15) is 9.59 Å². The minimum Gasteiger partial charge on any atom is -0.445 e. The number of amides is 2. The summed E-state index contributed by atoms with van der Waals surface area (Å²) in [7, 11) is 0. The molecule has 7 nitrogen and oxygen atoms in total. The highest BCUT2D eigenvalue weighted by Gasteiger charge is 2.31. The second kappa shape index (κ2) is 11.1. The molecule has 2 aromatic carbocycles. The molecule has 0 spiro atoms. The lowest BCUT2D eigenvalue weighted by Gasteiger charge is -2.37. The number of pyridine rings is 1. The van der Waals surface area contributed by atoms with Gasteiger partial charge in [-0.05, 0) is 23.1 Å². The predicted molar refractivity (Wildman–Crippen MR) is 132 cm³/mol. The fourth-order valence-corrected chi connectivity index (χ4v) is 4.26. The van der Waals surface area contributed by atoms with Crippen molar-refractivity contribution in [2.75, 3.05) is 26.2 Å². The number of ether oxygens (including phenoxy) is 1. The number of piperazine rings is 1. The second-order valence-electron chi connectivity index (χ2n) is 9.02. The standard InChI is InChI=1S/C27H32N4O3/c1-20(2)24(29-27(33)34-19-21-8-4-3-5-9-21)26(32)31-16-14-30(15-17-31)18-23-11-6-10-22-12-7-13-28-25(22)23/h3-13,20,24H,14-19H2,1-2H3,(H,29,33)/t24-/m0/s1. The maximum atomic E-state index is 13.2. The van der Waals surface area contributed by atoms with Crippen LogP contribution in [0.3, 0.4) is 0 Å². The van der Waals surface area contributed by atoms with Gasteiger partial charge in [0.2, 0.25) is 5.91 Å². The minimum absolute atomic E-state index is 0.0448. The van der Waals surface area contributed by atoms with Gasteiger partial charge in [-0.25, -0.2) is 4.79 Å². The smallest absolute Gasteiger partial charge is 0.408 e. The van der Waals surface area contributed by atoms with Gasteiger partial charge < -0.3 is 15.0 Å². The molecule has 0 radical (unpaired) electrons. The van der Waals surface area contributed by atoms with Crippen LogP contribution in [0.25, 0.3) is 10.9 Å². The van der Waals surface area contributed by atoms with E-state index in [1.165, 1.54) is 5.56 Å². The molecule has 7 heteroatoms. The van der Waals surface area contributed by atoms with Crippen molar-refractivity contribution in [2.45, 2.75) is 33.0 Å². The van der Waals surface area contributed by atoms with Gasteiger partial charge in [0.15, 0.2) is 0 Å². The van der Waals surface area contributed by atoms with Crippen molar-refractivity contribution < 1.29 is 14.3 Å². The molecule has 0 saturated carbocycles. The number of rotatable bonds is 7. The van der Waals surface area contributed by atoms with E-state index in [1.54, 1.807) is 0 Å². The van der Waals surface area contributed by atoms with Gasteiger partial charge in [0, 0.05) is 44.3 Å². The van der Waals surface area contributed by atoms with Crippen LogP contribution >= 0.6 is 0 Å². The van der Waals surface area contributed by atoms with Gasteiger partial charge in [-0.15, -0.1) is 0 Å². The van der Waals surface area contributed by atoms with Gasteiger partial charge in [-0.3, -0.25) is 14.7 Å². The van der Waals surface area contributed by atoms with Crippen LogP contribution in [0.15, 0.2) is 66.9 Å². The molecule has 1 fully saturated rings. The number of hydrogen-bond donors (Lipinski definition) is 1. The number of nitrogens with zero attached hydrogens (tertiary/aromatic N) is 3. The number of alkyl carbamates (subject to hydrolysis) is 1. The van der Waals surface area contributed by atoms with Gasteiger partial charge in [-0.2, -0.15) is 0 Å². The van der Waals surface area contributed by atoms with Crippen molar-refractivity contribution in [1.82, 2.24) is 20.1 Å². The summed E-state index contributed by atoms with van der Waals surface area (Å²) in [5.74, 6) is -0.102. The third kappa shape index (κ3) is 5.91. The third-order valence-electron chi connectivity index (χ3n) is 6.21. The van der Waals surface area contributed by atoms with Gasteiger partial charge in [0.25, 0.3) is 0 Å². The van der Waals surface area contributed by atoms with E-state index in [-0.39, 0.29) is 18.4 Å². The molecule has 0 bridgehead atoms. The topological polar surface area (TPSA) is 74.8 Å². The number of benzene rings is 2. The predicted octanol–water partition coefficient (Wildman–Crippen LogP) is 3.83.